The molecule has 1 fully saturated rings. The minimum atomic E-state index is -2.88. The molecule has 1 aromatic heterocycles. The average molecular weight is 369 g/mol. The van der Waals surface area contributed by atoms with Crippen LogP contribution in [0.3, 0.4) is 0 Å². The summed E-state index contributed by atoms with van der Waals surface area (Å²) in [4.78, 5) is 14.0. The van der Waals surface area contributed by atoms with Gasteiger partial charge in [-0.15, -0.1) is 0 Å². The van der Waals surface area contributed by atoms with E-state index in [1.807, 2.05) is 42.5 Å². The fourth-order valence-corrected chi connectivity index (χ4v) is 4.50. The van der Waals surface area contributed by atoms with E-state index in [4.69, 9.17) is 0 Å². The smallest absolute Gasteiger partial charge is 0.272 e. The largest absolute Gasteiger partial charge is 0.369 e. The lowest BCUT2D eigenvalue weighted by atomic mass is 10.0. The summed E-state index contributed by atoms with van der Waals surface area (Å²) in [6, 6.07) is 15.5. The van der Waals surface area contributed by atoms with E-state index in [0.717, 1.165) is 22.3 Å². The van der Waals surface area contributed by atoms with Crippen molar-refractivity contribution in [3.8, 4) is 0 Å². The predicted octanol–water partition coefficient (Wildman–Crippen LogP) is 1.75. The molecule has 0 saturated carbocycles. The Morgan fingerprint density at radius 1 is 0.962 bits per heavy atom. The summed E-state index contributed by atoms with van der Waals surface area (Å²) in [5.41, 5.74) is 2.77. The van der Waals surface area contributed by atoms with Crippen LogP contribution >= 0.6 is 0 Å². The Labute approximate surface area is 151 Å². The lowest BCUT2D eigenvalue weighted by Gasteiger charge is -2.28. The highest BCUT2D eigenvalue weighted by molar-refractivity contribution is 7.91. The number of aromatic amines is 1. The summed E-state index contributed by atoms with van der Waals surface area (Å²) in [7, 11) is -2.88. The number of rotatable bonds is 3. The topological polar surface area (TPSA) is 83.1 Å². The van der Waals surface area contributed by atoms with Crippen molar-refractivity contribution in [2.45, 2.75) is 6.42 Å². The minimum absolute atomic E-state index is 0.181. The van der Waals surface area contributed by atoms with Gasteiger partial charge in [0.2, 0.25) is 0 Å². The average Bonchev–Trinajstić information content (AvgIpc) is 2.65. The van der Waals surface area contributed by atoms with Crippen LogP contribution in [0.1, 0.15) is 11.3 Å². The van der Waals surface area contributed by atoms with Gasteiger partial charge in [-0.3, -0.25) is 4.79 Å². The van der Waals surface area contributed by atoms with Gasteiger partial charge < -0.3 is 4.90 Å². The summed E-state index contributed by atoms with van der Waals surface area (Å²) < 4.78 is 23.1. The first-order chi connectivity index (χ1) is 12.5. The van der Waals surface area contributed by atoms with Gasteiger partial charge in [0.25, 0.3) is 5.56 Å². The number of hydrogen-bond acceptors (Lipinski definition) is 5. The van der Waals surface area contributed by atoms with Crippen LogP contribution in [-0.2, 0) is 16.3 Å². The maximum absolute atomic E-state index is 11.9. The van der Waals surface area contributed by atoms with Crippen LogP contribution in [0.5, 0.6) is 0 Å². The molecule has 2 heterocycles. The van der Waals surface area contributed by atoms with Crippen LogP contribution < -0.4 is 10.5 Å². The van der Waals surface area contributed by atoms with Crippen molar-refractivity contribution >= 4 is 26.3 Å². The minimum Gasteiger partial charge on any atom is -0.369 e. The molecule has 1 aliphatic heterocycles. The fourth-order valence-electron chi connectivity index (χ4n) is 3.29. The Kier molecular flexibility index (Phi) is 4.24. The number of nitrogens with one attached hydrogen (secondary N) is 1. The number of H-pyrrole nitrogens is 1. The van der Waals surface area contributed by atoms with E-state index in [9.17, 15) is 13.2 Å². The number of aromatic nitrogens is 2. The van der Waals surface area contributed by atoms with Gasteiger partial charge in [0.1, 0.15) is 0 Å². The van der Waals surface area contributed by atoms with E-state index < -0.39 is 9.84 Å². The van der Waals surface area contributed by atoms with Crippen LogP contribution in [0.4, 0.5) is 5.69 Å². The maximum Gasteiger partial charge on any atom is 0.272 e. The van der Waals surface area contributed by atoms with E-state index >= 15 is 0 Å². The molecule has 4 rings (SSSR count). The van der Waals surface area contributed by atoms with E-state index in [-0.39, 0.29) is 17.1 Å². The van der Waals surface area contributed by atoms with Crippen molar-refractivity contribution in [2.24, 2.45) is 0 Å². The Morgan fingerprint density at radius 3 is 2.31 bits per heavy atom. The monoisotopic (exact) mass is 369 g/mol. The van der Waals surface area contributed by atoms with Gasteiger partial charge in [-0.05, 0) is 23.8 Å². The first-order valence-electron chi connectivity index (χ1n) is 8.52. The third-order valence-corrected chi connectivity index (χ3v) is 6.40. The number of nitrogens with zero attached hydrogens (tertiary/aromatic N) is 2. The molecular weight excluding hydrogens is 350 g/mol. The number of fused-ring (bicyclic) bond motifs is 1. The molecular formula is C19H19N3O3S. The summed E-state index contributed by atoms with van der Waals surface area (Å²) in [5, 5.41) is 8.28. The van der Waals surface area contributed by atoms with Crippen molar-refractivity contribution < 1.29 is 8.42 Å². The molecule has 0 bridgehead atoms. The molecule has 0 amide bonds. The molecule has 0 aliphatic carbocycles. The maximum atomic E-state index is 11.9. The second kappa shape index (κ2) is 6.57. The second-order valence-corrected chi connectivity index (χ2v) is 8.83. The Morgan fingerprint density at radius 2 is 1.62 bits per heavy atom. The predicted molar refractivity (Wildman–Crippen MR) is 102 cm³/mol. The Balaban J connectivity index is 1.55. The van der Waals surface area contributed by atoms with Gasteiger partial charge in [0.15, 0.2) is 9.84 Å². The zero-order chi connectivity index (χ0) is 18.1. The van der Waals surface area contributed by atoms with Crippen molar-refractivity contribution in [1.82, 2.24) is 10.2 Å². The van der Waals surface area contributed by atoms with Crippen LogP contribution in [0, 0.1) is 0 Å². The van der Waals surface area contributed by atoms with Crippen molar-refractivity contribution in [3.05, 3.63) is 70.1 Å². The lowest BCUT2D eigenvalue weighted by molar-refractivity contribution is 0.587. The molecule has 6 nitrogen and oxygen atoms in total. The van der Waals surface area contributed by atoms with Gasteiger partial charge in [-0.1, -0.05) is 30.3 Å². The van der Waals surface area contributed by atoms with E-state index in [1.54, 1.807) is 6.07 Å². The number of anilines is 1. The molecule has 134 valence electrons. The van der Waals surface area contributed by atoms with Gasteiger partial charge in [0, 0.05) is 30.6 Å². The van der Waals surface area contributed by atoms with Crippen LogP contribution in [0.2, 0.25) is 0 Å². The van der Waals surface area contributed by atoms with Gasteiger partial charge in [-0.25, -0.2) is 13.5 Å². The summed E-state index contributed by atoms with van der Waals surface area (Å²) >= 11 is 0. The molecule has 1 N–H and O–H groups in total. The Hall–Kier alpha value is -2.67. The van der Waals surface area contributed by atoms with E-state index in [2.05, 4.69) is 15.1 Å². The normalized spacial score (nSPS) is 16.7. The molecule has 0 atom stereocenters. The summed E-state index contributed by atoms with van der Waals surface area (Å²) in [6.45, 7) is 1.07. The molecule has 3 aromatic rings. The lowest BCUT2D eigenvalue weighted by Crippen LogP contribution is -2.40. The van der Waals surface area contributed by atoms with Crippen LogP contribution in [-0.4, -0.2) is 43.2 Å². The molecule has 26 heavy (non-hydrogen) atoms. The highest BCUT2D eigenvalue weighted by atomic mass is 32.2. The molecule has 0 spiro atoms. The molecule has 0 radical (unpaired) electrons. The highest BCUT2D eigenvalue weighted by Gasteiger charge is 2.21. The second-order valence-electron chi connectivity index (χ2n) is 6.53. The fraction of sp³-hybridized carbons (Fsp3) is 0.263. The van der Waals surface area contributed by atoms with Gasteiger partial charge in [0.05, 0.1) is 22.6 Å². The van der Waals surface area contributed by atoms with Gasteiger partial charge >= 0.3 is 0 Å². The van der Waals surface area contributed by atoms with Crippen LogP contribution in [0.25, 0.3) is 10.8 Å². The summed E-state index contributed by atoms with van der Waals surface area (Å²) in [6.07, 6.45) is 0.617. The quantitative estimate of drug-likeness (QED) is 0.760. The van der Waals surface area contributed by atoms with Gasteiger partial charge in [-0.2, -0.15) is 5.10 Å². The third kappa shape index (κ3) is 3.35. The third-order valence-electron chi connectivity index (χ3n) is 4.79. The van der Waals surface area contributed by atoms with Crippen molar-refractivity contribution in [1.29, 1.82) is 0 Å². The number of hydrogen-bond donors (Lipinski definition) is 1. The molecule has 7 heteroatoms. The van der Waals surface area contributed by atoms with E-state index in [1.165, 1.54) is 0 Å². The SMILES string of the molecule is O=c1[nH]nc(Cc2ccc(N3CCS(=O)(=O)CC3)cc2)c2ccccc12. The zero-order valence-corrected chi connectivity index (χ0v) is 15.0. The standard InChI is InChI=1S/C19H19N3O3S/c23-19-17-4-2-1-3-16(17)18(20-21-19)13-14-5-7-15(8-6-14)22-9-11-26(24,25)12-10-22/h1-8H,9-13H2,(H,21,23). The van der Waals surface area contributed by atoms with E-state index in [0.29, 0.717) is 24.9 Å². The molecule has 1 saturated heterocycles. The Bertz CT molecular complexity index is 1090. The van der Waals surface area contributed by atoms with Crippen molar-refractivity contribution in [3.63, 3.8) is 0 Å². The first kappa shape index (κ1) is 16.8. The highest BCUT2D eigenvalue weighted by Crippen LogP contribution is 2.21. The van der Waals surface area contributed by atoms with Crippen LogP contribution in [0.15, 0.2) is 53.3 Å². The molecule has 2 aromatic carbocycles. The molecule has 1 aliphatic rings. The first-order valence-corrected chi connectivity index (χ1v) is 10.3. The van der Waals surface area contributed by atoms with Crippen molar-refractivity contribution in [2.75, 3.05) is 29.5 Å². The molecule has 0 unspecified atom stereocenters. The number of sulfone groups is 1. The zero-order valence-electron chi connectivity index (χ0n) is 14.2. The number of benzene rings is 2. The summed E-state index contributed by atoms with van der Waals surface area (Å²) in [5.74, 6) is 0.421.